The van der Waals surface area contributed by atoms with E-state index in [1.54, 1.807) is 29.7 Å². The molecule has 0 aromatic heterocycles. The number of rotatable bonds is 4. The van der Waals surface area contributed by atoms with Gasteiger partial charge < -0.3 is 15.3 Å². The molecule has 1 aromatic carbocycles. The molecule has 2 unspecified atom stereocenters. The molecule has 1 aromatic rings. The van der Waals surface area contributed by atoms with E-state index in [1.165, 1.54) is 0 Å². The van der Waals surface area contributed by atoms with Gasteiger partial charge in [-0.1, -0.05) is 18.2 Å². The second-order valence-corrected chi connectivity index (χ2v) is 8.42. The largest absolute Gasteiger partial charge is 0.481 e. The van der Waals surface area contributed by atoms with Gasteiger partial charge in [-0.2, -0.15) is 0 Å². The van der Waals surface area contributed by atoms with Crippen LogP contribution in [0.3, 0.4) is 0 Å². The van der Waals surface area contributed by atoms with Crippen LogP contribution in [-0.4, -0.2) is 44.6 Å². The average Bonchev–Trinajstić information content (AvgIpc) is 2.90. The third-order valence-electron chi connectivity index (χ3n) is 5.04. The molecule has 3 rings (SSSR count). The highest BCUT2D eigenvalue weighted by molar-refractivity contribution is 8.01. The fraction of sp³-hybridized carbons (Fsp3) is 0.471. The summed E-state index contributed by atoms with van der Waals surface area (Å²) in [4.78, 5) is 38.1. The first-order valence-electron chi connectivity index (χ1n) is 7.80. The summed E-state index contributed by atoms with van der Waals surface area (Å²) >= 11 is 1.59. The molecule has 1 fully saturated rings. The Morgan fingerprint density at radius 3 is 2.62 bits per heavy atom. The Hall–Kier alpha value is -2.02. The van der Waals surface area contributed by atoms with Crippen LogP contribution in [0.1, 0.15) is 48.5 Å². The van der Waals surface area contributed by atoms with Crippen LogP contribution < -0.4 is 5.32 Å². The summed E-state index contributed by atoms with van der Waals surface area (Å²) in [6.07, 6.45) is -0.146. The molecule has 2 aliphatic heterocycles. The number of amides is 2. The molecule has 0 bridgehead atoms. The molecule has 128 valence electrons. The lowest BCUT2D eigenvalue weighted by atomic mass is 9.84. The van der Waals surface area contributed by atoms with Gasteiger partial charge >= 0.3 is 5.97 Å². The summed E-state index contributed by atoms with van der Waals surface area (Å²) in [5.41, 5.74) is 0.509. The number of hydrogen-bond acceptors (Lipinski definition) is 4. The van der Waals surface area contributed by atoms with Gasteiger partial charge in [0.1, 0.15) is 10.9 Å². The maximum atomic E-state index is 12.9. The van der Waals surface area contributed by atoms with Crippen molar-refractivity contribution in [2.45, 2.75) is 42.9 Å². The van der Waals surface area contributed by atoms with Gasteiger partial charge in [-0.15, -0.1) is 11.8 Å². The highest BCUT2D eigenvalue weighted by Gasteiger charge is 2.65. The van der Waals surface area contributed by atoms with Crippen molar-refractivity contribution in [3.05, 3.63) is 35.4 Å². The summed E-state index contributed by atoms with van der Waals surface area (Å²) in [5.74, 6) is -1.43. The molecule has 2 N–H and O–H groups in total. The van der Waals surface area contributed by atoms with E-state index in [0.29, 0.717) is 5.56 Å². The van der Waals surface area contributed by atoms with Gasteiger partial charge in [0.2, 0.25) is 5.91 Å². The van der Waals surface area contributed by atoms with Crippen LogP contribution in [0.25, 0.3) is 0 Å². The minimum absolute atomic E-state index is 0.0458. The predicted octanol–water partition coefficient (Wildman–Crippen LogP) is 2.02. The molecular weight excluding hydrogens is 328 g/mol. The third kappa shape index (κ3) is 2.22. The molecule has 1 saturated heterocycles. The minimum atomic E-state index is -1.06. The van der Waals surface area contributed by atoms with Gasteiger partial charge in [-0.05, 0) is 32.4 Å². The fourth-order valence-corrected chi connectivity index (χ4v) is 5.08. The quantitative estimate of drug-likeness (QED) is 0.869. The van der Waals surface area contributed by atoms with Gasteiger partial charge in [0.05, 0.1) is 6.42 Å². The topological polar surface area (TPSA) is 86.7 Å². The molecule has 0 radical (unpaired) electrons. The molecule has 7 heteroatoms. The molecule has 0 aliphatic carbocycles. The van der Waals surface area contributed by atoms with Crippen molar-refractivity contribution in [3.63, 3.8) is 0 Å². The summed E-state index contributed by atoms with van der Waals surface area (Å²) in [6, 6.07) is 7.42. The van der Waals surface area contributed by atoms with E-state index in [4.69, 9.17) is 5.11 Å². The zero-order valence-electron chi connectivity index (χ0n) is 13.8. The van der Waals surface area contributed by atoms with Crippen molar-refractivity contribution < 1.29 is 19.5 Å². The number of carbonyl (C=O) groups excluding carboxylic acids is 2. The molecule has 2 amide bonds. The maximum Gasteiger partial charge on any atom is 0.305 e. The van der Waals surface area contributed by atoms with E-state index in [2.05, 4.69) is 5.32 Å². The highest BCUT2D eigenvalue weighted by atomic mass is 32.2. The van der Waals surface area contributed by atoms with Crippen molar-refractivity contribution in [2.24, 2.45) is 0 Å². The first-order valence-corrected chi connectivity index (χ1v) is 8.68. The van der Waals surface area contributed by atoms with Crippen molar-refractivity contribution in [1.29, 1.82) is 0 Å². The van der Waals surface area contributed by atoms with Crippen molar-refractivity contribution in [3.8, 4) is 0 Å². The lowest BCUT2D eigenvalue weighted by Gasteiger charge is -2.40. The number of carbonyl (C=O) groups is 3. The van der Waals surface area contributed by atoms with Crippen molar-refractivity contribution >= 4 is 29.5 Å². The molecule has 0 saturated carbocycles. The van der Waals surface area contributed by atoms with E-state index in [-0.39, 0.29) is 30.2 Å². The number of fused-ring (bicyclic) bond motifs is 3. The van der Waals surface area contributed by atoms with E-state index in [9.17, 15) is 14.4 Å². The lowest BCUT2D eigenvalue weighted by Crippen LogP contribution is -2.63. The summed E-state index contributed by atoms with van der Waals surface area (Å²) in [7, 11) is 0. The Morgan fingerprint density at radius 1 is 1.29 bits per heavy atom. The normalized spacial score (nSPS) is 26.9. The van der Waals surface area contributed by atoms with Crippen molar-refractivity contribution in [1.82, 2.24) is 10.2 Å². The van der Waals surface area contributed by atoms with Crippen LogP contribution in [0.4, 0.5) is 0 Å². The molecular formula is C17H20N2O4S. The van der Waals surface area contributed by atoms with E-state index < -0.39 is 16.3 Å². The van der Waals surface area contributed by atoms with Crippen LogP contribution in [-0.2, 0) is 9.59 Å². The predicted molar refractivity (Wildman–Crippen MR) is 90.7 cm³/mol. The number of benzene rings is 1. The number of aliphatic carboxylic acids is 1. The Bertz CT molecular complexity index is 733. The van der Waals surface area contributed by atoms with Crippen LogP contribution in [0.5, 0.6) is 0 Å². The van der Waals surface area contributed by atoms with Gasteiger partial charge in [0.15, 0.2) is 0 Å². The van der Waals surface area contributed by atoms with Gasteiger partial charge in [-0.3, -0.25) is 14.4 Å². The van der Waals surface area contributed by atoms with Crippen LogP contribution in [0, 0.1) is 0 Å². The second kappa shape index (κ2) is 5.51. The van der Waals surface area contributed by atoms with Crippen LogP contribution >= 0.6 is 11.8 Å². The van der Waals surface area contributed by atoms with Gasteiger partial charge in [0, 0.05) is 16.9 Å². The maximum absolute atomic E-state index is 12.9. The van der Waals surface area contributed by atoms with Gasteiger partial charge in [0.25, 0.3) is 5.91 Å². The molecule has 0 spiro atoms. The Kier molecular flexibility index (Phi) is 3.86. The zero-order chi connectivity index (χ0) is 17.7. The molecule has 2 aliphatic rings. The van der Waals surface area contributed by atoms with E-state index in [1.807, 2.05) is 32.0 Å². The first-order chi connectivity index (χ1) is 11.2. The molecule has 24 heavy (non-hydrogen) atoms. The standard InChI is InChI=1S/C17H20N2O4S/c1-16(2)17(3,15(23)18-9-8-12(20)21)19-13(22)10-6-4-5-7-11(10)14(19)24-16/h4-7,14H,8-9H2,1-3H3,(H,18,23)(H,20,21). The minimum Gasteiger partial charge on any atom is -0.481 e. The third-order valence-corrected chi connectivity index (χ3v) is 6.71. The number of nitrogens with one attached hydrogen (secondary N) is 1. The summed E-state index contributed by atoms with van der Waals surface area (Å²) in [5, 5.41) is 11.2. The van der Waals surface area contributed by atoms with Crippen LogP contribution in [0.15, 0.2) is 24.3 Å². The number of thioether (sulfide) groups is 1. The SMILES string of the molecule is CC1(C)SC2c3ccccc3C(=O)N2C1(C)C(=O)NCCC(=O)O. The number of nitrogens with zero attached hydrogens (tertiary/aromatic N) is 1. The number of carboxylic acids is 1. The molecule has 2 heterocycles. The number of carboxylic acid groups (broad SMARTS) is 1. The molecule has 2 atom stereocenters. The Morgan fingerprint density at radius 2 is 1.96 bits per heavy atom. The first kappa shape index (κ1) is 16.8. The van der Waals surface area contributed by atoms with E-state index in [0.717, 1.165) is 5.56 Å². The Balaban J connectivity index is 1.94. The lowest BCUT2D eigenvalue weighted by molar-refractivity contribution is -0.137. The van der Waals surface area contributed by atoms with Gasteiger partial charge in [-0.25, -0.2) is 0 Å². The zero-order valence-corrected chi connectivity index (χ0v) is 14.6. The van der Waals surface area contributed by atoms with Crippen LogP contribution in [0.2, 0.25) is 0 Å². The average molecular weight is 348 g/mol. The monoisotopic (exact) mass is 348 g/mol. The second-order valence-electron chi connectivity index (χ2n) is 6.71. The van der Waals surface area contributed by atoms with E-state index >= 15 is 0 Å². The highest BCUT2D eigenvalue weighted by Crippen LogP contribution is 2.61. The summed E-state index contributed by atoms with van der Waals surface area (Å²) in [6.45, 7) is 5.70. The fourth-order valence-electron chi connectivity index (χ4n) is 3.36. The smallest absolute Gasteiger partial charge is 0.305 e. The molecule has 6 nitrogen and oxygen atoms in total. The summed E-state index contributed by atoms with van der Waals surface area (Å²) < 4.78 is -0.506. The number of hydrogen-bond donors (Lipinski definition) is 2. The van der Waals surface area contributed by atoms with Crippen molar-refractivity contribution in [2.75, 3.05) is 6.54 Å². The Labute approximate surface area is 144 Å².